The van der Waals surface area contributed by atoms with Crippen molar-refractivity contribution in [1.29, 1.82) is 0 Å². The number of urea groups is 1. The fraction of sp³-hybridized carbons (Fsp3) is 0.192. The summed E-state index contributed by atoms with van der Waals surface area (Å²) in [5.74, 6) is -0.974. The molecule has 7 nitrogen and oxygen atoms in total. The third kappa shape index (κ3) is 6.59. The summed E-state index contributed by atoms with van der Waals surface area (Å²) >= 11 is 6.12. The largest absolute Gasteiger partial charge is 0.340 e. The zero-order chi connectivity index (χ0) is 24.7. The van der Waals surface area contributed by atoms with Crippen molar-refractivity contribution in [3.05, 3.63) is 88.9 Å². The Kier molecular flexibility index (Phi) is 8.27. The van der Waals surface area contributed by atoms with Gasteiger partial charge >= 0.3 is 6.03 Å². The lowest BCUT2D eigenvalue weighted by molar-refractivity contribution is -0.118. The quantitative estimate of drug-likeness (QED) is 0.351. The molecule has 34 heavy (non-hydrogen) atoms. The van der Waals surface area contributed by atoms with Gasteiger partial charge in [0.25, 0.3) is 5.91 Å². The summed E-state index contributed by atoms with van der Waals surface area (Å²) in [6.07, 6.45) is 0. The Balaban J connectivity index is 1.70. The predicted molar refractivity (Wildman–Crippen MR) is 136 cm³/mol. The Bertz CT molecular complexity index is 1180. The number of hydrogen-bond donors (Lipinski definition) is 4. The van der Waals surface area contributed by atoms with Crippen LogP contribution in [0.4, 0.5) is 21.9 Å². The molecule has 0 spiro atoms. The minimum Gasteiger partial charge on any atom is -0.340 e. The van der Waals surface area contributed by atoms with Gasteiger partial charge in [-0.1, -0.05) is 61.8 Å². The third-order valence-corrected chi connectivity index (χ3v) is 5.47. The zero-order valence-corrected chi connectivity index (χ0v) is 19.9. The topological polar surface area (TPSA) is 99.3 Å². The Labute approximate surface area is 203 Å². The van der Waals surface area contributed by atoms with E-state index in [9.17, 15) is 14.4 Å². The molecule has 0 bridgehead atoms. The number of benzene rings is 3. The maximum atomic E-state index is 13.1. The van der Waals surface area contributed by atoms with Crippen molar-refractivity contribution < 1.29 is 14.4 Å². The number of aryl methyl sites for hydroxylation is 1. The van der Waals surface area contributed by atoms with Gasteiger partial charge in [-0.2, -0.15) is 0 Å². The molecule has 3 aromatic carbocycles. The highest BCUT2D eigenvalue weighted by Crippen LogP contribution is 2.22. The van der Waals surface area contributed by atoms with E-state index in [0.29, 0.717) is 27.6 Å². The molecule has 4 amide bonds. The Morgan fingerprint density at radius 3 is 2.12 bits per heavy atom. The Morgan fingerprint density at radius 2 is 1.44 bits per heavy atom. The summed E-state index contributed by atoms with van der Waals surface area (Å²) < 4.78 is 0. The van der Waals surface area contributed by atoms with Crippen LogP contribution in [-0.2, 0) is 4.79 Å². The van der Waals surface area contributed by atoms with Gasteiger partial charge in [0.15, 0.2) is 0 Å². The molecule has 3 aromatic rings. The number of halogens is 1. The first-order chi connectivity index (χ1) is 16.2. The van der Waals surface area contributed by atoms with Crippen LogP contribution >= 0.6 is 11.6 Å². The van der Waals surface area contributed by atoms with Crippen LogP contribution in [0.3, 0.4) is 0 Å². The molecule has 0 heterocycles. The first kappa shape index (κ1) is 24.8. The maximum absolute atomic E-state index is 13.1. The number of nitrogens with one attached hydrogen (secondary N) is 4. The molecule has 0 aliphatic rings. The van der Waals surface area contributed by atoms with Crippen molar-refractivity contribution in [2.45, 2.75) is 26.8 Å². The van der Waals surface area contributed by atoms with Crippen molar-refractivity contribution >= 4 is 46.5 Å². The highest BCUT2D eigenvalue weighted by atomic mass is 35.5. The van der Waals surface area contributed by atoms with E-state index in [1.165, 1.54) is 0 Å². The van der Waals surface area contributed by atoms with Crippen molar-refractivity contribution in [2.24, 2.45) is 5.92 Å². The molecule has 0 fully saturated rings. The number of hydrogen-bond acceptors (Lipinski definition) is 3. The molecular formula is C26H27ClN4O3. The predicted octanol–water partition coefficient (Wildman–Crippen LogP) is 5.69. The SMILES string of the molecule is Cc1ccc(NC(=O)Nc2ccccc2)cc1NC(=O)C(NC(=O)c1ccccc1Cl)C(C)C. The van der Waals surface area contributed by atoms with Gasteiger partial charge in [-0.25, -0.2) is 4.79 Å². The van der Waals surface area contributed by atoms with Crippen LogP contribution < -0.4 is 21.3 Å². The van der Waals surface area contributed by atoms with Crippen LogP contribution in [0, 0.1) is 12.8 Å². The lowest BCUT2D eigenvalue weighted by atomic mass is 10.0. The van der Waals surface area contributed by atoms with Gasteiger partial charge in [0.1, 0.15) is 6.04 Å². The number of rotatable bonds is 7. The second-order valence-corrected chi connectivity index (χ2v) is 8.55. The van der Waals surface area contributed by atoms with E-state index in [1.54, 1.807) is 54.6 Å². The van der Waals surface area contributed by atoms with E-state index in [2.05, 4.69) is 21.3 Å². The number of carbonyl (C=O) groups excluding carboxylic acids is 3. The molecule has 0 aromatic heterocycles. The van der Waals surface area contributed by atoms with Crippen molar-refractivity contribution in [3.8, 4) is 0 Å². The van der Waals surface area contributed by atoms with E-state index in [1.807, 2.05) is 39.0 Å². The minimum absolute atomic E-state index is 0.176. The molecule has 0 radical (unpaired) electrons. The molecule has 0 saturated carbocycles. The minimum atomic E-state index is -0.791. The first-order valence-corrected chi connectivity index (χ1v) is 11.2. The molecule has 1 unspecified atom stereocenters. The van der Waals surface area contributed by atoms with Crippen LogP contribution in [0.5, 0.6) is 0 Å². The molecule has 8 heteroatoms. The number of para-hydroxylation sites is 1. The third-order valence-electron chi connectivity index (χ3n) is 5.14. The van der Waals surface area contributed by atoms with E-state index in [4.69, 9.17) is 11.6 Å². The van der Waals surface area contributed by atoms with Crippen molar-refractivity contribution in [1.82, 2.24) is 5.32 Å². The molecule has 0 aliphatic heterocycles. The van der Waals surface area contributed by atoms with Gasteiger partial charge in [-0.15, -0.1) is 0 Å². The van der Waals surface area contributed by atoms with Gasteiger partial charge in [0.2, 0.25) is 5.91 Å². The van der Waals surface area contributed by atoms with Crippen LogP contribution in [0.1, 0.15) is 29.8 Å². The highest BCUT2D eigenvalue weighted by Gasteiger charge is 2.26. The second kappa shape index (κ2) is 11.3. The first-order valence-electron chi connectivity index (χ1n) is 10.8. The number of anilines is 3. The van der Waals surface area contributed by atoms with Crippen LogP contribution in [-0.4, -0.2) is 23.9 Å². The Hall–Kier alpha value is -3.84. The lowest BCUT2D eigenvalue weighted by Gasteiger charge is -2.23. The summed E-state index contributed by atoms with van der Waals surface area (Å²) in [6, 6.07) is 19.8. The van der Waals surface area contributed by atoms with Crippen LogP contribution in [0.25, 0.3) is 0 Å². The molecular weight excluding hydrogens is 452 g/mol. The number of amides is 4. The van der Waals surface area contributed by atoms with Gasteiger partial charge in [0.05, 0.1) is 10.6 Å². The lowest BCUT2D eigenvalue weighted by Crippen LogP contribution is -2.47. The van der Waals surface area contributed by atoms with Gasteiger partial charge in [-0.3, -0.25) is 9.59 Å². The highest BCUT2D eigenvalue weighted by molar-refractivity contribution is 6.33. The Morgan fingerprint density at radius 1 is 0.794 bits per heavy atom. The standard InChI is InChI=1S/C26H27ClN4O3/c1-16(2)23(31-24(32)20-11-7-8-12-21(20)27)25(33)30-22-15-19(14-13-17(22)3)29-26(34)28-18-9-5-4-6-10-18/h4-16,23H,1-3H3,(H,30,33)(H,31,32)(H2,28,29,34). The monoisotopic (exact) mass is 478 g/mol. The molecule has 4 N–H and O–H groups in total. The van der Waals surface area contributed by atoms with E-state index >= 15 is 0 Å². The number of carbonyl (C=O) groups is 3. The van der Waals surface area contributed by atoms with E-state index in [-0.39, 0.29) is 11.8 Å². The average molecular weight is 479 g/mol. The normalized spacial score (nSPS) is 11.4. The van der Waals surface area contributed by atoms with Crippen LogP contribution in [0.2, 0.25) is 5.02 Å². The van der Waals surface area contributed by atoms with Gasteiger partial charge in [0, 0.05) is 17.1 Å². The molecule has 1 atom stereocenters. The van der Waals surface area contributed by atoms with E-state index < -0.39 is 18.0 Å². The fourth-order valence-electron chi connectivity index (χ4n) is 3.26. The van der Waals surface area contributed by atoms with Gasteiger partial charge in [-0.05, 0) is 54.8 Å². The smallest absolute Gasteiger partial charge is 0.323 e. The zero-order valence-electron chi connectivity index (χ0n) is 19.2. The van der Waals surface area contributed by atoms with Crippen molar-refractivity contribution in [2.75, 3.05) is 16.0 Å². The molecule has 3 rings (SSSR count). The molecule has 176 valence electrons. The summed E-state index contributed by atoms with van der Waals surface area (Å²) in [7, 11) is 0. The fourth-order valence-corrected chi connectivity index (χ4v) is 3.48. The second-order valence-electron chi connectivity index (χ2n) is 8.14. The van der Waals surface area contributed by atoms with Gasteiger partial charge < -0.3 is 21.3 Å². The summed E-state index contributed by atoms with van der Waals surface area (Å²) in [4.78, 5) is 38.1. The summed E-state index contributed by atoms with van der Waals surface area (Å²) in [6.45, 7) is 5.53. The van der Waals surface area contributed by atoms with E-state index in [0.717, 1.165) is 5.56 Å². The summed E-state index contributed by atoms with van der Waals surface area (Å²) in [5, 5.41) is 11.5. The molecule has 0 saturated heterocycles. The molecule has 0 aliphatic carbocycles. The van der Waals surface area contributed by atoms with Crippen molar-refractivity contribution in [3.63, 3.8) is 0 Å². The van der Waals surface area contributed by atoms with Crippen LogP contribution in [0.15, 0.2) is 72.8 Å². The average Bonchev–Trinajstić information content (AvgIpc) is 2.80. The maximum Gasteiger partial charge on any atom is 0.323 e. The summed E-state index contributed by atoms with van der Waals surface area (Å²) in [5.41, 5.74) is 2.81.